The van der Waals surface area contributed by atoms with E-state index in [1.165, 1.54) is 4.31 Å². The lowest BCUT2D eigenvalue weighted by atomic mass is 10.0. The molecule has 0 atom stereocenters. The van der Waals surface area contributed by atoms with Crippen LogP contribution in [-0.2, 0) is 22.2 Å². The fourth-order valence-corrected chi connectivity index (χ4v) is 4.72. The number of aryl methyl sites for hydroxylation is 1. The molecule has 186 valence electrons. The highest BCUT2D eigenvalue weighted by Gasteiger charge is 2.31. The summed E-state index contributed by atoms with van der Waals surface area (Å²) in [6, 6.07) is 9.59. The van der Waals surface area contributed by atoms with Crippen molar-refractivity contribution in [3.8, 4) is 11.3 Å². The number of rotatable bonds is 11. The van der Waals surface area contributed by atoms with Gasteiger partial charge in [0.15, 0.2) is 0 Å². The van der Waals surface area contributed by atoms with Gasteiger partial charge in [0.05, 0.1) is 23.2 Å². The summed E-state index contributed by atoms with van der Waals surface area (Å²) < 4.78 is 31.3. The predicted molar refractivity (Wildman–Crippen MR) is 132 cm³/mol. The summed E-state index contributed by atoms with van der Waals surface area (Å²) in [5, 5.41) is 12.1. The second-order valence-corrected chi connectivity index (χ2v) is 9.92. The number of aromatic nitrogens is 1. The Labute approximate surface area is 205 Å². The number of carboxylic acid groups (broad SMARTS) is 1. The topological polar surface area (TPSA) is 130 Å². The number of carbonyl (C=O) groups is 2. The Balaban J connectivity index is 1.74. The normalized spacial score (nSPS) is 13.6. The molecule has 1 amide bonds. The van der Waals surface area contributed by atoms with Gasteiger partial charge in [-0.2, -0.15) is 4.31 Å². The van der Waals surface area contributed by atoms with Crippen molar-refractivity contribution in [1.82, 2.24) is 14.6 Å². The van der Waals surface area contributed by atoms with Gasteiger partial charge in [-0.25, -0.2) is 13.4 Å². The highest BCUT2D eigenvalue weighted by molar-refractivity contribution is 7.69. The third-order valence-corrected chi connectivity index (χ3v) is 7.00. The minimum absolute atomic E-state index is 0.00251. The van der Waals surface area contributed by atoms with Crippen molar-refractivity contribution >= 4 is 33.9 Å². The standard InChI is InChI=1S/C25H29N3O6S/c1-15-6-8-17(9-7-15)23-22(24(31)26-2)19-13-18(16-10-11-16)20(27-25(19)34-23)14-28(35(32)33)12-4-3-5-21(29)30/h6-9,13,16,35H,3-5,10-12,14H2,1-2H3,(H,26,31)(H,29,30). The molecule has 2 aromatic heterocycles. The Morgan fingerprint density at radius 3 is 2.51 bits per heavy atom. The number of benzene rings is 1. The van der Waals surface area contributed by atoms with E-state index in [0.717, 1.165) is 29.5 Å². The highest BCUT2D eigenvalue weighted by Crippen LogP contribution is 2.44. The van der Waals surface area contributed by atoms with Gasteiger partial charge in [-0.3, -0.25) is 9.59 Å². The summed E-state index contributed by atoms with van der Waals surface area (Å²) in [5.74, 6) is -0.500. The van der Waals surface area contributed by atoms with E-state index in [4.69, 9.17) is 14.5 Å². The van der Waals surface area contributed by atoms with E-state index in [9.17, 15) is 18.0 Å². The van der Waals surface area contributed by atoms with Crippen molar-refractivity contribution in [2.75, 3.05) is 13.6 Å². The van der Waals surface area contributed by atoms with Crippen LogP contribution in [0.15, 0.2) is 34.7 Å². The molecule has 0 radical (unpaired) electrons. The number of fused-ring (bicyclic) bond motifs is 1. The van der Waals surface area contributed by atoms with Crippen LogP contribution < -0.4 is 5.32 Å². The quantitative estimate of drug-likeness (QED) is 0.271. The average Bonchev–Trinajstić information content (AvgIpc) is 3.60. The van der Waals surface area contributed by atoms with E-state index in [2.05, 4.69) is 5.32 Å². The number of carbonyl (C=O) groups excluding carboxylic acids is 1. The third kappa shape index (κ3) is 5.71. The van der Waals surface area contributed by atoms with Crippen molar-refractivity contribution in [3.63, 3.8) is 0 Å². The van der Waals surface area contributed by atoms with Crippen molar-refractivity contribution in [1.29, 1.82) is 0 Å². The number of unbranched alkanes of at least 4 members (excludes halogenated alkanes) is 1. The van der Waals surface area contributed by atoms with Gasteiger partial charge in [0.25, 0.3) is 5.91 Å². The molecular formula is C25H29N3O6S. The number of pyridine rings is 1. The van der Waals surface area contributed by atoms with Gasteiger partial charge in [0.2, 0.25) is 16.6 Å². The summed E-state index contributed by atoms with van der Waals surface area (Å²) in [7, 11) is -1.31. The zero-order chi connectivity index (χ0) is 25.1. The maximum atomic E-state index is 12.9. The molecule has 1 aliphatic rings. The highest BCUT2D eigenvalue weighted by atomic mass is 32.2. The van der Waals surface area contributed by atoms with E-state index in [1.807, 2.05) is 37.3 Å². The molecule has 2 N–H and O–H groups in total. The minimum Gasteiger partial charge on any atom is -0.481 e. The number of aliphatic carboxylic acids is 1. The Hall–Kier alpha value is -3.24. The molecule has 0 unspecified atom stereocenters. The van der Waals surface area contributed by atoms with Crippen molar-refractivity contribution < 1.29 is 27.5 Å². The fraction of sp³-hybridized carbons (Fsp3) is 0.400. The van der Waals surface area contributed by atoms with Gasteiger partial charge < -0.3 is 14.8 Å². The van der Waals surface area contributed by atoms with E-state index < -0.39 is 16.9 Å². The predicted octanol–water partition coefficient (Wildman–Crippen LogP) is 3.62. The molecule has 0 aliphatic heterocycles. The second-order valence-electron chi connectivity index (χ2n) is 8.88. The average molecular weight is 500 g/mol. The first kappa shape index (κ1) is 24.9. The Morgan fingerprint density at radius 1 is 1.20 bits per heavy atom. The second kappa shape index (κ2) is 10.6. The lowest BCUT2D eigenvalue weighted by molar-refractivity contribution is -0.137. The Kier molecular flexibility index (Phi) is 7.51. The van der Waals surface area contributed by atoms with Crippen LogP contribution in [0.3, 0.4) is 0 Å². The molecule has 3 aromatic rings. The van der Waals surface area contributed by atoms with Crippen LogP contribution in [0.25, 0.3) is 22.4 Å². The molecule has 1 aliphatic carbocycles. The van der Waals surface area contributed by atoms with Crippen molar-refractivity contribution in [2.45, 2.75) is 51.5 Å². The smallest absolute Gasteiger partial charge is 0.303 e. The molecule has 1 saturated carbocycles. The molecule has 1 aromatic carbocycles. The number of amides is 1. The van der Waals surface area contributed by atoms with Crippen LogP contribution >= 0.6 is 0 Å². The largest absolute Gasteiger partial charge is 0.481 e. The SMILES string of the molecule is CNC(=O)c1c(-c2ccc(C)cc2)oc2nc(CN(CCCCC(=O)O)[SH](=O)=O)c(C3CC3)cc12. The molecule has 1 fully saturated rings. The zero-order valence-electron chi connectivity index (χ0n) is 19.7. The molecular weight excluding hydrogens is 470 g/mol. The molecule has 10 heteroatoms. The van der Waals surface area contributed by atoms with Gasteiger partial charge in [-0.05, 0) is 50.2 Å². The van der Waals surface area contributed by atoms with Gasteiger partial charge in [0.1, 0.15) is 5.76 Å². The number of furan rings is 1. The minimum atomic E-state index is -2.88. The summed E-state index contributed by atoms with van der Waals surface area (Å²) in [5.41, 5.74) is 4.05. The number of carboxylic acids is 1. The first-order chi connectivity index (χ1) is 16.8. The summed E-state index contributed by atoms with van der Waals surface area (Å²) in [6.45, 7) is 2.27. The third-order valence-electron chi connectivity index (χ3n) is 6.20. The lowest BCUT2D eigenvalue weighted by Crippen LogP contribution is -2.24. The maximum absolute atomic E-state index is 12.9. The molecule has 0 bridgehead atoms. The van der Waals surface area contributed by atoms with Gasteiger partial charge in [0, 0.05) is 25.6 Å². The van der Waals surface area contributed by atoms with Crippen LogP contribution in [0.2, 0.25) is 0 Å². The number of hydrogen-bond acceptors (Lipinski definition) is 6. The zero-order valence-corrected chi connectivity index (χ0v) is 20.6. The van der Waals surface area contributed by atoms with Gasteiger partial charge in [-0.1, -0.05) is 29.8 Å². The summed E-state index contributed by atoms with van der Waals surface area (Å²) >= 11 is 0. The van der Waals surface area contributed by atoms with Gasteiger partial charge >= 0.3 is 5.97 Å². The maximum Gasteiger partial charge on any atom is 0.303 e. The first-order valence-corrected chi connectivity index (χ1v) is 12.8. The summed E-state index contributed by atoms with van der Waals surface area (Å²) in [6.07, 6.45) is 2.78. The lowest BCUT2D eigenvalue weighted by Gasteiger charge is -2.17. The molecule has 4 rings (SSSR count). The number of hydrogen-bond donors (Lipinski definition) is 3. The van der Waals surface area contributed by atoms with Crippen LogP contribution in [0.1, 0.15) is 65.2 Å². The summed E-state index contributed by atoms with van der Waals surface area (Å²) in [4.78, 5) is 28.3. The van der Waals surface area contributed by atoms with Crippen molar-refractivity contribution in [3.05, 3.63) is 52.7 Å². The van der Waals surface area contributed by atoms with Crippen LogP contribution in [0, 0.1) is 6.92 Å². The molecule has 35 heavy (non-hydrogen) atoms. The van der Waals surface area contributed by atoms with Crippen LogP contribution in [-0.4, -0.2) is 48.3 Å². The van der Waals surface area contributed by atoms with Crippen LogP contribution in [0.5, 0.6) is 0 Å². The Bertz CT molecular complexity index is 1320. The first-order valence-electron chi connectivity index (χ1n) is 11.6. The fourth-order valence-electron chi connectivity index (χ4n) is 4.17. The molecule has 0 saturated heterocycles. The molecule has 9 nitrogen and oxygen atoms in total. The van der Waals surface area contributed by atoms with Gasteiger partial charge in [-0.15, -0.1) is 0 Å². The van der Waals surface area contributed by atoms with Crippen LogP contribution in [0.4, 0.5) is 0 Å². The van der Waals surface area contributed by atoms with E-state index >= 15 is 0 Å². The monoisotopic (exact) mass is 499 g/mol. The van der Waals surface area contributed by atoms with Crippen molar-refractivity contribution in [2.24, 2.45) is 0 Å². The van der Waals surface area contributed by atoms with E-state index in [-0.39, 0.29) is 37.0 Å². The van der Waals surface area contributed by atoms with E-state index in [0.29, 0.717) is 35.2 Å². The van der Waals surface area contributed by atoms with E-state index in [1.54, 1.807) is 7.05 Å². The number of nitrogens with one attached hydrogen (secondary N) is 1. The number of nitrogens with zero attached hydrogens (tertiary/aromatic N) is 2. The molecule has 0 spiro atoms. The molecule has 2 heterocycles. The number of thiol groups is 1. The Morgan fingerprint density at radius 2 is 1.91 bits per heavy atom.